The van der Waals surface area contributed by atoms with E-state index >= 15 is 0 Å². The van der Waals surface area contributed by atoms with Gasteiger partial charge in [0.1, 0.15) is 25.3 Å². The third kappa shape index (κ3) is 6.09. The highest BCUT2D eigenvalue weighted by Gasteiger charge is 2.28. The van der Waals surface area contributed by atoms with Gasteiger partial charge in [-0.25, -0.2) is 0 Å². The minimum absolute atomic E-state index is 0.0287. The summed E-state index contributed by atoms with van der Waals surface area (Å²) in [4.78, 5) is 27.3. The average Bonchev–Trinajstić information content (AvgIpc) is 2.49. The number of hydrogen-bond donors (Lipinski definition) is 2. The smallest absolute Gasteiger partial charge is 0.277 e. The minimum atomic E-state index is -0.194. The number of amides is 2. The molecule has 2 N–H and O–H groups in total. The van der Waals surface area contributed by atoms with Crippen molar-refractivity contribution in [3.63, 3.8) is 0 Å². The van der Waals surface area contributed by atoms with Crippen molar-refractivity contribution in [2.75, 3.05) is 38.5 Å². The molecule has 0 saturated carbocycles. The zero-order valence-electron chi connectivity index (χ0n) is 15.3. The van der Waals surface area contributed by atoms with Crippen molar-refractivity contribution in [1.29, 1.82) is 0 Å². The van der Waals surface area contributed by atoms with Crippen LogP contribution in [-0.4, -0.2) is 62.1 Å². The summed E-state index contributed by atoms with van der Waals surface area (Å²) in [5.41, 5.74) is 1.73. The van der Waals surface area contributed by atoms with E-state index in [4.69, 9.17) is 4.74 Å². The summed E-state index contributed by atoms with van der Waals surface area (Å²) in [6.45, 7) is 8.04. The lowest BCUT2D eigenvalue weighted by Crippen LogP contribution is -3.16. The van der Waals surface area contributed by atoms with Crippen LogP contribution in [0.5, 0.6) is 0 Å². The molecule has 1 aliphatic heterocycles. The van der Waals surface area contributed by atoms with E-state index in [-0.39, 0.29) is 30.6 Å². The summed E-state index contributed by atoms with van der Waals surface area (Å²) < 4.78 is 6.66. The lowest BCUT2D eigenvalue weighted by Gasteiger charge is -2.32. The Morgan fingerprint density at radius 1 is 1.32 bits per heavy atom. The van der Waals surface area contributed by atoms with Gasteiger partial charge in [-0.05, 0) is 44.5 Å². The molecule has 1 saturated heterocycles. The first-order valence-corrected chi connectivity index (χ1v) is 9.33. The zero-order valence-corrected chi connectivity index (χ0v) is 16.9. The molecule has 138 valence electrons. The van der Waals surface area contributed by atoms with Crippen LogP contribution in [0, 0.1) is 6.92 Å². The van der Waals surface area contributed by atoms with Crippen molar-refractivity contribution in [2.45, 2.75) is 33.0 Å². The van der Waals surface area contributed by atoms with Crippen LogP contribution in [0.15, 0.2) is 22.7 Å². The van der Waals surface area contributed by atoms with E-state index in [1.165, 1.54) is 9.80 Å². The van der Waals surface area contributed by atoms with Gasteiger partial charge in [0.15, 0.2) is 6.54 Å². The van der Waals surface area contributed by atoms with Gasteiger partial charge in [0.25, 0.3) is 5.91 Å². The lowest BCUT2D eigenvalue weighted by molar-refractivity contribution is -0.907. The highest BCUT2D eigenvalue weighted by atomic mass is 79.9. The molecule has 2 rings (SSSR count). The molecule has 6 nitrogen and oxygen atoms in total. The third-order valence-corrected chi connectivity index (χ3v) is 4.78. The van der Waals surface area contributed by atoms with Crippen molar-refractivity contribution in [1.82, 2.24) is 4.90 Å². The van der Waals surface area contributed by atoms with E-state index in [1.807, 2.05) is 39.0 Å². The molecule has 2 amide bonds. The van der Waals surface area contributed by atoms with Crippen LogP contribution in [0.4, 0.5) is 5.69 Å². The number of hydrogen-bond acceptors (Lipinski definition) is 3. The van der Waals surface area contributed by atoms with Crippen molar-refractivity contribution in [3.8, 4) is 0 Å². The normalized spacial score (nSPS) is 23.2. The minimum Gasteiger partial charge on any atom is -0.364 e. The third-order valence-electron chi connectivity index (χ3n) is 4.29. The highest BCUT2D eigenvalue weighted by molar-refractivity contribution is 9.10. The summed E-state index contributed by atoms with van der Waals surface area (Å²) >= 11 is 3.40. The Labute approximate surface area is 157 Å². The van der Waals surface area contributed by atoms with E-state index in [0.717, 1.165) is 28.8 Å². The largest absolute Gasteiger partial charge is 0.364 e. The number of halogens is 1. The molecule has 0 radical (unpaired) electrons. The molecule has 1 aromatic rings. The first-order valence-electron chi connectivity index (χ1n) is 8.53. The van der Waals surface area contributed by atoms with E-state index < -0.39 is 0 Å². The molecule has 0 aromatic heterocycles. The van der Waals surface area contributed by atoms with Gasteiger partial charge in [0.2, 0.25) is 5.91 Å². The zero-order chi connectivity index (χ0) is 18.6. The van der Waals surface area contributed by atoms with E-state index in [1.54, 1.807) is 7.05 Å². The van der Waals surface area contributed by atoms with Crippen LogP contribution < -0.4 is 10.2 Å². The van der Waals surface area contributed by atoms with Crippen molar-refractivity contribution < 1.29 is 19.2 Å². The van der Waals surface area contributed by atoms with Gasteiger partial charge in [-0.1, -0.05) is 15.9 Å². The second kappa shape index (κ2) is 8.78. The van der Waals surface area contributed by atoms with Crippen LogP contribution in [0.25, 0.3) is 0 Å². The molecule has 7 heteroatoms. The molecule has 1 heterocycles. The summed E-state index contributed by atoms with van der Waals surface area (Å²) in [6, 6.07) is 5.66. The van der Waals surface area contributed by atoms with Gasteiger partial charge in [-0.3, -0.25) is 9.59 Å². The molecular weight excluding hydrogens is 386 g/mol. The van der Waals surface area contributed by atoms with Gasteiger partial charge in [-0.2, -0.15) is 0 Å². The number of ether oxygens (including phenoxy) is 1. The van der Waals surface area contributed by atoms with Crippen LogP contribution in [0.3, 0.4) is 0 Å². The Kier molecular flexibility index (Phi) is 6.98. The number of likely N-dealkylation sites (N-methyl/N-ethyl adjacent to an activating group) is 1. The topological polar surface area (TPSA) is 63.1 Å². The maximum Gasteiger partial charge on any atom is 0.277 e. The average molecular weight is 413 g/mol. The Hall–Kier alpha value is -1.44. The summed E-state index contributed by atoms with van der Waals surface area (Å²) in [6.07, 6.45) is 0.307. The Morgan fingerprint density at radius 2 is 1.96 bits per heavy atom. The number of anilines is 1. The summed E-state index contributed by atoms with van der Waals surface area (Å²) in [5, 5.41) is 2.86. The number of aryl methyl sites for hydroxylation is 1. The van der Waals surface area contributed by atoms with Crippen molar-refractivity contribution >= 4 is 33.4 Å². The fraction of sp³-hybridized carbons (Fsp3) is 0.556. The Balaban J connectivity index is 1.84. The quantitative estimate of drug-likeness (QED) is 0.753. The molecule has 1 fully saturated rings. The molecule has 0 aliphatic carbocycles. The number of carbonyl (C=O) groups is 2. The van der Waals surface area contributed by atoms with E-state index in [0.29, 0.717) is 6.54 Å². The number of quaternary nitrogens is 1. The number of carbonyl (C=O) groups excluding carboxylic acids is 2. The standard InChI is InChI=1S/C18H26BrN3O3/c1-12-7-15(19)5-6-16(12)20-17(23)10-21(4)18(24)11-22-8-13(2)25-14(3)9-22/h5-7,13-14H,8-11H2,1-4H3,(H,20,23)/p+1/t13-,14+. The Bertz CT molecular complexity index is 628. The number of nitrogens with zero attached hydrogens (tertiary/aromatic N) is 1. The van der Waals surface area contributed by atoms with Crippen LogP contribution in [-0.2, 0) is 14.3 Å². The van der Waals surface area contributed by atoms with Gasteiger partial charge < -0.3 is 19.9 Å². The number of benzene rings is 1. The fourth-order valence-electron chi connectivity index (χ4n) is 3.14. The summed E-state index contributed by atoms with van der Waals surface area (Å²) in [5.74, 6) is -0.223. The molecule has 3 atom stereocenters. The number of morpholine rings is 1. The Morgan fingerprint density at radius 3 is 2.56 bits per heavy atom. The van der Waals surface area contributed by atoms with Gasteiger partial charge in [0.05, 0.1) is 6.54 Å². The van der Waals surface area contributed by atoms with Crippen LogP contribution >= 0.6 is 15.9 Å². The highest BCUT2D eigenvalue weighted by Crippen LogP contribution is 2.19. The molecule has 0 spiro atoms. The molecule has 1 aliphatic rings. The second-order valence-corrected chi connectivity index (χ2v) is 7.77. The second-order valence-electron chi connectivity index (χ2n) is 6.85. The lowest BCUT2D eigenvalue weighted by atomic mass is 10.2. The monoisotopic (exact) mass is 412 g/mol. The van der Waals surface area contributed by atoms with Gasteiger partial charge >= 0.3 is 0 Å². The molecule has 1 unspecified atom stereocenters. The first kappa shape index (κ1) is 19.9. The molecule has 1 aromatic carbocycles. The molecule has 0 bridgehead atoms. The van der Waals surface area contributed by atoms with E-state index in [2.05, 4.69) is 21.2 Å². The van der Waals surface area contributed by atoms with Crippen molar-refractivity contribution in [2.24, 2.45) is 0 Å². The first-order chi connectivity index (χ1) is 11.7. The van der Waals surface area contributed by atoms with Gasteiger partial charge in [0, 0.05) is 17.2 Å². The number of nitrogens with one attached hydrogen (secondary N) is 2. The predicted molar refractivity (Wildman–Crippen MR) is 101 cm³/mol. The van der Waals surface area contributed by atoms with Gasteiger partial charge in [-0.15, -0.1) is 0 Å². The molecular formula is C18H27BrN3O3+. The molecule has 25 heavy (non-hydrogen) atoms. The maximum absolute atomic E-state index is 12.4. The van der Waals surface area contributed by atoms with Crippen LogP contribution in [0.2, 0.25) is 0 Å². The van der Waals surface area contributed by atoms with Crippen molar-refractivity contribution in [3.05, 3.63) is 28.2 Å². The maximum atomic E-state index is 12.4. The fourth-order valence-corrected chi connectivity index (χ4v) is 3.62. The number of rotatable bonds is 5. The predicted octanol–water partition coefficient (Wildman–Crippen LogP) is 0.847. The van der Waals surface area contributed by atoms with E-state index in [9.17, 15) is 9.59 Å². The summed E-state index contributed by atoms with van der Waals surface area (Å²) in [7, 11) is 1.67. The van der Waals surface area contributed by atoms with Crippen LogP contribution in [0.1, 0.15) is 19.4 Å². The SMILES string of the molecule is Cc1cc(Br)ccc1NC(=O)CN(C)C(=O)C[NH+]1C[C@@H](C)O[C@@H](C)C1.